The van der Waals surface area contributed by atoms with E-state index >= 15 is 0 Å². The van der Waals surface area contributed by atoms with Crippen molar-refractivity contribution in [3.8, 4) is 0 Å². The zero-order chi connectivity index (χ0) is 27.2. The molecular weight excluding hydrogens is 498 g/mol. The molecule has 3 N–H and O–H groups in total. The maximum absolute atomic E-state index is 14.0. The maximum Gasteiger partial charge on any atom is 0.322 e. The predicted octanol–water partition coefficient (Wildman–Crippen LogP) is 2.74. The van der Waals surface area contributed by atoms with Crippen molar-refractivity contribution < 1.29 is 32.7 Å². The lowest BCUT2D eigenvalue weighted by molar-refractivity contribution is -0.182. The molecule has 2 heterocycles. The summed E-state index contributed by atoms with van der Waals surface area (Å²) >= 11 is 0. The molecule has 0 unspecified atom stereocenters. The SMILES string of the molecule is CCC1(CC)OC[C@@H](c2cc(F)cc(F)c2)N(CC(=O)Nc2ccc3c(c2)C[C@]2(C3)NC(=O)NC2=O)C1=O. The topological polar surface area (TPSA) is 117 Å². The van der Waals surface area contributed by atoms with E-state index in [1.807, 2.05) is 13.8 Å². The summed E-state index contributed by atoms with van der Waals surface area (Å²) in [5.41, 5.74) is 0.196. The molecule has 9 nitrogen and oxygen atoms in total. The van der Waals surface area contributed by atoms with Crippen LogP contribution in [0.3, 0.4) is 0 Å². The van der Waals surface area contributed by atoms with E-state index in [1.54, 1.807) is 18.2 Å². The highest BCUT2D eigenvalue weighted by Crippen LogP contribution is 2.37. The summed E-state index contributed by atoms with van der Waals surface area (Å²) in [6.07, 6.45) is 1.38. The van der Waals surface area contributed by atoms with E-state index in [4.69, 9.17) is 4.74 Å². The summed E-state index contributed by atoms with van der Waals surface area (Å²) < 4.78 is 33.9. The summed E-state index contributed by atoms with van der Waals surface area (Å²) in [6.45, 7) is 3.25. The molecular formula is C27H28F2N4O5. The highest BCUT2D eigenvalue weighted by Gasteiger charge is 2.50. The van der Waals surface area contributed by atoms with Crippen molar-refractivity contribution in [2.45, 2.75) is 56.7 Å². The van der Waals surface area contributed by atoms with Crippen LogP contribution in [0.4, 0.5) is 19.3 Å². The van der Waals surface area contributed by atoms with Crippen molar-refractivity contribution in [2.75, 3.05) is 18.5 Å². The van der Waals surface area contributed by atoms with E-state index in [-0.39, 0.29) is 31.0 Å². The Morgan fingerprint density at radius 3 is 2.37 bits per heavy atom. The van der Waals surface area contributed by atoms with Gasteiger partial charge < -0.3 is 20.3 Å². The van der Waals surface area contributed by atoms with E-state index in [2.05, 4.69) is 16.0 Å². The summed E-state index contributed by atoms with van der Waals surface area (Å²) in [5, 5.41) is 7.75. The molecule has 38 heavy (non-hydrogen) atoms. The average Bonchev–Trinajstić information content (AvgIpc) is 3.36. The third-order valence-corrected chi connectivity index (χ3v) is 7.76. The van der Waals surface area contributed by atoms with Crippen molar-refractivity contribution in [3.63, 3.8) is 0 Å². The lowest BCUT2D eigenvalue weighted by Gasteiger charge is -2.45. The van der Waals surface area contributed by atoms with Crippen molar-refractivity contribution in [1.82, 2.24) is 15.5 Å². The van der Waals surface area contributed by atoms with Crippen molar-refractivity contribution in [2.24, 2.45) is 0 Å². The Morgan fingerprint density at radius 2 is 1.74 bits per heavy atom. The van der Waals surface area contributed by atoms with Crippen LogP contribution in [0.1, 0.15) is 49.4 Å². The lowest BCUT2D eigenvalue weighted by Crippen LogP contribution is -2.58. The second-order valence-corrected chi connectivity index (χ2v) is 10.0. The van der Waals surface area contributed by atoms with Gasteiger partial charge in [0, 0.05) is 24.6 Å². The number of rotatable bonds is 6. The standard InChI is InChI=1S/C27H28F2N4O5/c1-3-27(4-2)24(36)33(21(14-38-27)16-7-18(28)10-19(29)8-16)13-22(34)30-20-6-5-15-11-26(12-17(15)9-20)23(35)31-25(37)32-26/h5-10,21H,3-4,11-14H2,1-2H3,(H,30,34)(H2,31,32,35,37)/t21-,26-/m0/s1. The number of amides is 5. The maximum atomic E-state index is 14.0. The van der Waals surface area contributed by atoms with Gasteiger partial charge in [0.1, 0.15) is 29.3 Å². The minimum Gasteiger partial charge on any atom is -0.363 e. The Balaban J connectivity index is 1.36. The minimum absolute atomic E-state index is 0.0156. The van der Waals surface area contributed by atoms with Gasteiger partial charge in [-0.1, -0.05) is 19.9 Å². The number of imide groups is 1. The third kappa shape index (κ3) is 4.40. The Kier molecular flexibility index (Phi) is 6.42. The van der Waals surface area contributed by atoms with Crippen LogP contribution < -0.4 is 16.0 Å². The number of carbonyl (C=O) groups is 4. The molecule has 200 valence electrons. The van der Waals surface area contributed by atoms with Gasteiger partial charge in [0.2, 0.25) is 5.91 Å². The molecule has 1 spiro atoms. The summed E-state index contributed by atoms with van der Waals surface area (Å²) in [7, 11) is 0. The van der Waals surface area contributed by atoms with Gasteiger partial charge in [-0.15, -0.1) is 0 Å². The van der Waals surface area contributed by atoms with Crippen LogP contribution in [-0.4, -0.2) is 52.9 Å². The number of morpholine rings is 1. The van der Waals surface area contributed by atoms with Crippen LogP contribution in [0.25, 0.3) is 0 Å². The third-order valence-electron chi connectivity index (χ3n) is 7.76. The zero-order valence-corrected chi connectivity index (χ0v) is 21.0. The van der Waals surface area contributed by atoms with Crippen molar-refractivity contribution in [3.05, 3.63) is 64.7 Å². The molecule has 0 saturated carbocycles. The molecule has 3 aliphatic rings. The highest BCUT2D eigenvalue weighted by molar-refractivity contribution is 6.08. The molecule has 2 saturated heterocycles. The van der Waals surface area contributed by atoms with Gasteiger partial charge in [-0.2, -0.15) is 0 Å². The number of hydrogen-bond donors (Lipinski definition) is 3. The molecule has 2 fully saturated rings. The fourth-order valence-electron chi connectivity index (χ4n) is 5.66. The first kappa shape index (κ1) is 25.8. The molecule has 2 atom stereocenters. The van der Waals surface area contributed by atoms with Gasteiger partial charge in [-0.25, -0.2) is 13.6 Å². The molecule has 2 aromatic carbocycles. The van der Waals surface area contributed by atoms with Gasteiger partial charge in [-0.05, 0) is 53.8 Å². The zero-order valence-electron chi connectivity index (χ0n) is 21.0. The van der Waals surface area contributed by atoms with Gasteiger partial charge in [-0.3, -0.25) is 19.7 Å². The largest absolute Gasteiger partial charge is 0.363 e. The van der Waals surface area contributed by atoms with Gasteiger partial charge in [0.05, 0.1) is 12.6 Å². The van der Waals surface area contributed by atoms with E-state index in [9.17, 15) is 28.0 Å². The van der Waals surface area contributed by atoms with Gasteiger partial charge in [0.15, 0.2) is 0 Å². The first-order valence-electron chi connectivity index (χ1n) is 12.5. The lowest BCUT2D eigenvalue weighted by atomic mass is 9.90. The predicted molar refractivity (Wildman–Crippen MR) is 132 cm³/mol. The average molecular weight is 527 g/mol. The summed E-state index contributed by atoms with van der Waals surface area (Å²) in [5.74, 6) is -2.88. The number of halogens is 2. The molecule has 5 rings (SSSR count). The number of hydrogen-bond acceptors (Lipinski definition) is 5. The van der Waals surface area contributed by atoms with E-state index < -0.39 is 46.7 Å². The molecule has 11 heteroatoms. The second-order valence-electron chi connectivity index (χ2n) is 10.0. The highest BCUT2D eigenvalue weighted by atomic mass is 19.1. The van der Waals surface area contributed by atoms with E-state index in [0.29, 0.717) is 24.9 Å². The fraction of sp³-hybridized carbons (Fsp3) is 0.407. The minimum atomic E-state index is -1.13. The van der Waals surface area contributed by atoms with E-state index in [1.165, 1.54) is 4.90 Å². The van der Waals surface area contributed by atoms with Crippen molar-refractivity contribution >= 4 is 29.4 Å². The quantitative estimate of drug-likeness (QED) is 0.501. The van der Waals surface area contributed by atoms with Gasteiger partial charge in [0.25, 0.3) is 11.8 Å². The van der Waals surface area contributed by atoms with Crippen LogP contribution in [0, 0.1) is 11.6 Å². The molecule has 0 bridgehead atoms. The number of carbonyl (C=O) groups excluding carboxylic acids is 4. The first-order valence-corrected chi connectivity index (χ1v) is 12.5. The summed E-state index contributed by atoms with van der Waals surface area (Å²) in [4.78, 5) is 52.0. The second kappa shape index (κ2) is 9.46. The molecule has 2 aromatic rings. The molecule has 5 amide bonds. The Labute approximate surface area is 217 Å². The van der Waals surface area contributed by atoms with Crippen LogP contribution in [0.15, 0.2) is 36.4 Å². The number of fused-ring (bicyclic) bond motifs is 1. The van der Waals surface area contributed by atoms with Crippen LogP contribution in [0.5, 0.6) is 0 Å². The number of nitrogens with zero attached hydrogens (tertiary/aromatic N) is 1. The van der Waals surface area contributed by atoms with Crippen LogP contribution in [-0.2, 0) is 32.0 Å². The Hall–Kier alpha value is -3.86. The van der Waals surface area contributed by atoms with Crippen LogP contribution in [0.2, 0.25) is 0 Å². The normalized spacial score (nSPS) is 23.8. The molecule has 2 aliphatic heterocycles. The van der Waals surface area contributed by atoms with Crippen LogP contribution >= 0.6 is 0 Å². The number of benzene rings is 2. The number of nitrogens with one attached hydrogen (secondary N) is 3. The fourth-order valence-corrected chi connectivity index (χ4v) is 5.66. The number of urea groups is 1. The smallest absolute Gasteiger partial charge is 0.322 e. The number of ether oxygens (including phenoxy) is 1. The summed E-state index contributed by atoms with van der Waals surface area (Å²) in [6, 6.07) is 6.84. The molecule has 0 aromatic heterocycles. The molecule has 0 radical (unpaired) electrons. The monoisotopic (exact) mass is 526 g/mol. The molecule has 1 aliphatic carbocycles. The first-order chi connectivity index (χ1) is 18.1. The Morgan fingerprint density at radius 1 is 1.05 bits per heavy atom. The van der Waals surface area contributed by atoms with Crippen molar-refractivity contribution in [1.29, 1.82) is 0 Å². The number of anilines is 1. The Bertz CT molecular complexity index is 1320. The van der Waals surface area contributed by atoms with Gasteiger partial charge >= 0.3 is 6.03 Å². The van der Waals surface area contributed by atoms with E-state index in [0.717, 1.165) is 29.3 Å².